The summed E-state index contributed by atoms with van der Waals surface area (Å²) in [7, 11) is 5.55. The van der Waals surface area contributed by atoms with Gasteiger partial charge in [0.15, 0.2) is 29.3 Å². The average Bonchev–Trinajstić information content (AvgIpc) is 3.38. The molecule has 0 radical (unpaired) electrons. The lowest BCUT2D eigenvalue weighted by Gasteiger charge is -2.58. The van der Waals surface area contributed by atoms with Gasteiger partial charge in [-0.3, -0.25) is 19.2 Å². The monoisotopic (exact) mass is 718 g/mol. The molecular formula is C35H36Cl2O12. The molecule has 1 saturated carbocycles. The number of benzene rings is 2. The van der Waals surface area contributed by atoms with Crippen molar-refractivity contribution in [2.45, 2.75) is 57.5 Å². The first-order valence-corrected chi connectivity index (χ1v) is 16.4. The summed E-state index contributed by atoms with van der Waals surface area (Å²) < 4.78 is 41.3. The van der Waals surface area contributed by atoms with Gasteiger partial charge in [0.05, 0.1) is 34.4 Å². The van der Waals surface area contributed by atoms with E-state index in [1.54, 1.807) is 33.8 Å². The number of ether oxygens (including phenoxy) is 7. The molecule has 262 valence electrons. The molecule has 1 N–H and O–H groups in total. The Labute approximate surface area is 292 Å². The first-order chi connectivity index (χ1) is 23.1. The standard InChI is InChI=1S/C35H36Cl2O12/c1-14-9-18(39)24-17(4)26-19(40)10-15(2)34(31(41)25-21(44-6)12-23(46-8)28(37)30(25)48-34)35(26,42)49-32(24)33(14,13-38)47-29-16(3)20(43-5)11-22(45-7)27(29)36/h11-15,17,26,42H,9-10H2,1-8H3. The van der Waals surface area contributed by atoms with Crippen LogP contribution >= 0.6 is 23.2 Å². The van der Waals surface area contributed by atoms with Crippen LogP contribution in [0.3, 0.4) is 0 Å². The van der Waals surface area contributed by atoms with E-state index in [-0.39, 0.29) is 68.5 Å². The van der Waals surface area contributed by atoms with Crippen molar-refractivity contribution in [2.75, 3.05) is 28.4 Å². The summed E-state index contributed by atoms with van der Waals surface area (Å²) in [6, 6.07) is 2.96. The number of halogens is 2. The number of carbonyl (C=O) groups is 4. The molecule has 0 aromatic heterocycles. The molecule has 2 aromatic carbocycles. The van der Waals surface area contributed by atoms with Gasteiger partial charge < -0.3 is 38.3 Å². The lowest BCUT2D eigenvalue weighted by Crippen LogP contribution is -2.76. The molecule has 14 heteroatoms. The molecule has 2 heterocycles. The van der Waals surface area contributed by atoms with Crippen LogP contribution in [0.25, 0.3) is 0 Å². The predicted octanol–water partition coefficient (Wildman–Crippen LogP) is 5.11. The van der Waals surface area contributed by atoms with Crippen LogP contribution in [0.5, 0.6) is 34.5 Å². The van der Waals surface area contributed by atoms with Crippen LogP contribution in [0.2, 0.25) is 10.0 Å². The Morgan fingerprint density at radius 2 is 1.45 bits per heavy atom. The molecule has 0 saturated heterocycles. The minimum Gasteiger partial charge on any atom is -0.496 e. The molecular weight excluding hydrogens is 683 g/mol. The zero-order chi connectivity index (χ0) is 36.0. The number of hydrogen-bond donors (Lipinski definition) is 1. The van der Waals surface area contributed by atoms with Crippen LogP contribution < -0.4 is 28.4 Å². The lowest BCUT2D eigenvalue weighted by molar-refractivity contribution is -0.316. The smallest absolute Gasteiger partial charge is 0.266 e. The third-order valence-electron chi connectivity index (χ3n) is 10.5. The van der Waals surface area contributed by atoms with Crippen molar-refractivity contribution >= 4 is 46.8 Å². The Kier molecular flexibility index (Phi) is 8.40. The summed E-state index contributed by atoms with van der Waals surface area (Å²) in [5, 5.41) is 12.9. The molecule has 12 nitrogen and oxygen atoms in total. The topological polar surface area (TPSA) is 153 Å². The van der Waals surface area contributed by atoms with Crippen LogP contribution in [-0.4, -0.2) is 74.2 Å². The van der Waals surface area contributed by atoms with Crippen LogP contribution in [0.1, 0.15) is 49.5 Å². The van der Waals surface area contributed by atoms with Crippen LogP contribution in [0, 0.1) is 30.6 Å². The third-order valence-corrected chi connectivity index (χ3v) is 11.2. The fraction of sp³-hybridized carbons (Fsp3) is 0.486. The second-order valence-electron chi connectivity index (χ2n) is 12.9. The summed E-state index contributed by atoms with van der Waals surface area (Å²) in [5.74, 6) is -8.66. The van der Waals surface area contributed by atoms with Crippen molar-refractivity contribution in [2.24, 2.45) is 23.7 Å². The maximum atomic E-state index is 14.7. The lowest BCUT2D eigenvalue weighted by atomic mass is 9.57. The van der Waals surface area contributed by atoms with E-state index in [4.69, 9.17) is 56.4 Å². The zero-order valence-corrected chi connectivity index (χ0v) is 29.7. The van der Waals surface area contributed by atoms with Crippen LogP contribution in [-0.2, 0) is 19.1 Å². The van der Waals surface area contributed by atoms with E-state index in [1.807, 2.05) is 0 Å². The number of aldehydes is 1. The van der Waals surface area contributed by atoms with Crippen molar-refractivity contribution in [1.82, 2.24) is 0 Å². The van der Waals surface area contributed by atoms with Crippen molar-refractivity contribution in [1.29, 1.82) is 0 Å². The largest absolute Gasteiger partial charge is 0.496 e. The Bertz CT molecular complexity index is 1830. The third kappa shape index (κ3) is 4.39. The second-order valence-corrected chi connectivity index (χ2v) is 13.7. The minimum atomic E-state index is -2.78. The van der Waals surface area contributed by atoms with Crippen molar-refractivity contribution < 1.29 is 57.4 Å². The Balaban J connectivity index is 1.60. The van der Waals surface area contributed by atoms with Gasteiger partial charge in [-0.25, -0.2) is 0 Å². The zero-order valence-electron chi connectivity index (χ0n) is 28.1. The highest BCUT2D eigenvalue weighted by molar-refractivity contribution is 6.35. The Morgan fingerprint density at radius 1 is 0.857 bits per heavy atom. The number of methoxy groups -OCH3 is 4. The maximum absolute atomic E-state index is 14.7. The molecule has 4 aliphatic rings. The summed E-state index contributed by atoms with van der Waals surface area (Å²) in [6.07, 6.45) is 0.0883. The van der Waals surface area contributed by atoms with Crippen molar-refractivity contribution in [3.8, 4) is 34.5 Å². The second kappa shape index (κ2) is 11.8. The SMILES string of the molecule is COc1cc(OC)c(Cl)c(OC2(C=O)C3=C(C(=O)CC2C)C(C)C2C(=O)CC(C)C4(Oc5c(Cl)c(OC)cc(OC)c5C4=O)C2(O)O3)c1C. The van der Waals surface area contributed by atoms with E-state index >= 15 is 0 Å². The van der Waals surface area contributed by atoms with Gasteiger partial charge in [-0.15, -0.1) is 0 Å². The molecule has 1 fully saturated rings. The highest BCUT2D eigenvalue weighted by Crippen LogP contribution is 2.63. The molecule has 2 aliphatic heterocycles. The number of Topliss-reactive ketones (excluding diaryl/α,β-unsaturated/α-hetero) is 3. The van der Waals surface area contributed by atoms with Gasteiger partial charge in [-0.1, -0.05) is 44.0 Å². The van der Waals surface area contributed by atoms with Gasteiger partial charge in [0.2, 0.25) is 17.0 Å². The van der Waals surface area contributed by atoms with E-state index in [9.17, 15) is 24.3 Å². The van der Waals surface area contributed by atoms with E-state index in [2.05, 4.69) is 0 Å². The molecule has 1 spiro atoms. The number of hydrogen-bond acceptors (Lipinski definition) is 12. The Morgan fingerprint density at radius 3 is 2.04 bits per heavy atom. The fourth-order valence-electron chi connectivity index (χ4n) is 7.98. The number of aliphatic hydroxyl groups is 1. The quantitative estimate of drug-likeness (QED) is 0.379. The summed E-state index contributed by atoms with van der Waals surface area (Å²) >= 11 is 13.4. The van der Waals surface area contributed by atoms with E-state index in [1.165, 1.54) is 34.5 Å². The van der Waals surface area contributed by atoms with Gasteiger partial charge >= 0.3 is 0 Å². The molecule has 7 atom stereocenters. The fourth-order valence-corrected chi connectivity index (χ4v) is 8.56. The van der Waals surface area contributed by atoms with Crippen molar-refractivity contribution in [3.05, 3.63) is 44.6 Å². The summed E-state index contributed by atoms with van der Waals surface area (Å²) in [4.78, 5) is 56.0. The molecule has 0 bridgehead atoms. The van der Waals surface area contributed by atoms with Crippen LogP contribution in [0.4, 0.5) is 0 Å². The van der Waals surface area contributed by atoms with Crippen LogP contribution in [0.15, 0.2) is 23.5 Å². The molecule has 2 aromatic rings. The van der Waals surface area contributed by atoms with Gasteiger partial charge in [0.25, 0.3) is 5.79 Å². The van der Waals surface area contributed by atoms with Gasteiger partial charge in [-0.2, -0.15) is 0 Å². The van der Waals surface area contributed by atoms with Gasteiger partial charge in [0.1, 0.15) is 44.4 Å². The first-order valence-electron chi connectivity index (χ1n) is 15.6. The summed E-state index contributed by atoms with van der Waals surface area (Å²) in [5.41, 5.74) is -4.10. The maximum Gasteiger partial charge on any atom is 0.266 e. The van der Waals surface area contributed by atoms with Gasteiger partial charge in [0, 0.05) is 53.9 Å². The normalized spacial score (nSPS) is 31.7. The van der Waals surface area contributed by atoms with Gasteiger partial charge in [-0.05, 0) is 6.92 Å². The predicted molar refractivity (Wildman–Crippen MR) is 174 cm³/mol. The Hall–Kier alpha value is -4.00. The number of rotatable bonds is 7. The molecule has 6 rings (SSSR count). The number of carbonyl (C=O) groups excluding carboxylic acids is 4. The van der Waals surface area contributed by atoms with E-state index in [0.29, 0.717) is 17.6 Å². The molecule has 2 aliphatic carbocycles. The van der Waals surface area contributed by atoms with E-state index in [0.717, 1.165) is 0 Å². The first kappa shape index (κ1) is 34.8. The molecule has 49 heavy (non-hydrogen) atoms. The number of ketones is 3. The van der Waals surface area contributed by atoms with E-state index < -0.39 is 58.0 Å². The minimum absolute atomic E-state index is 0.00426. The summed E-state index contributed by atoms with van der Waals surface area (Å²) in [6.45, 7) is 6.39. The highest BCUT2D eigenvalue weighted by atomic mass is 35.5. The number of allylic oxidation sites excluding steroid dienone is 1. The highest BCUT2D eigenvalue weighted by Gasteiger charge is 2.78. The number of fused-ring (bicyclic) bond motifs is 3. The average molecular weight is 720 g/mol. The van der Waals surface area contributed by atoms with Crippen molar-refractivity contribution in [3.63, 3.8) is 0 Å². The molecule has 0 amide bonds. The molecule has 7 unspecified atom stereocenters.